The molecule has 2 unspecified atom stereocenters. The fourth-order valence-electron chi connectivity index (χ4n) is 2.52. The fourth-order valence-corrected chi connectivity index (χ4v) is 2.65. The third-order valence-corrected chi connectivity index (χ3v) is 3.76. The number of hydrogen-bond acceptors (Lipinski definition) is 3. The van der Waals surface area contributed by atoms with E-state index in [0.717, 1.165) is 30.1 Å². The molecule has 4 heteroatoms. The van der Waals surface area contributed by atoms with Gasteiger partial charge in [0.1, 0.15) is 11.7 Å². The molecule has 0 radical (unpaired) electrons. The molecule has 1 fully saturated rings. The zero-order valence-corrected chi connectivity index (χ0v) is 11.0. The highest BCUT2D eigenvalue weighted by Crippen LogP contribution is 2.36. The van der Waals surface area contributed by atoms with Gasteiger partial charge in [-0.2, -0.15) is 0 Å². The normalized spacial score (nSPS) is 29.2. The Bertz CT molecular complexity index is 368. The van der Waals surface area contributed by atoms with Gasteiger partial charge in [0.2, 0.25) is 0 Å². The maximum Gasteiger partial charge on any atom is 0.121 e. The van der Waals surface area contributed by atoms with E-state index in [9.17, 15) is 0 Å². The van der Waals surface area contributed by atoms with Gasteiger partial charge in [0, 0.05) is 25.8 Å². The zero-order valence-electron chi connectivity index (χ0n) is 10.2. The summed E-state index contributed by atoms with van der Waals surface area (Å²) in [5, 5.41) is 4.06. The van der Waals surface area contributed by atoms with Gasteiger partial charge in [0.15, 0.2) is 0 Å². The summed E-state index contributed by atoms with van der Waals surface area (Å²) in [7, 11) is 3.47. The van der Waals surface area contributed by atoms with Gasteiger partial charge < -0.3 is 14.8 Å². The van der Waals surface area contributed by atoms with E-state index in [1.54, 1.807) is 14.2 Å². The lowest BCUT2D eigenvalue weighted by molar-refractivity contribution is -0.137. The minimum absolute atomic E-state index is 0.0161. The molecule has 1 heterocycles. The second-order valence-corrected chi connectivity index (χ2v) is 4.72. The third kappa shape index (κ3) is 2.33. The number of benzene rings is 1. The molecule has 1 aliphatic heterocycles. The third-order valence-electron chi connectivity index (χ3n) is 3.50. The largest absolute Gasteiger partial charge is 0.377 e. The van der Waals surface area contributed by atoms with Crippen molar-refractivity contribution < 1.29 is 9.47 Å². The Kier molecular flexibility index (Phi) is 4.05. The maximum atomic E-state index is 5.93. The average molecular weight is 256 g/mol. The highest BCUT2D eigenvalue weighted by atomic mass is 35.5. The van der Waals surface area contributed by atoms with Crippen LogP contribution in [0.2, 0.25) is 5.02 Å². The molecule has 0 amide bonds. The summed E-state index contributed by atoms with van der Waals surface area (Å²) in [6.07, 6.45) is 0.909. The number of halogens is 1. The number of piperidine rings is 1. The van der Waals surface area contributed by atoms with Crippen molar-refractivity contribution in [3.63, 3.8) is 0 Å². The van der Waals surface area contributed by atoms with Crippen LogP contribution in [0.25, 0.3) is 0 Å². The second kappa shape index (κ2) is 5.36. The topological polar surface area (TPSA) is 30.5 Å². The van der Waals surface area contributed by atoms with Crippen LogP contribution >= 0.6 is 11.6 Å². The van der Waals surface area contributed by atoms with Crippen molar-refractivity contribution >= 4 is 11.6 Å². The molecule has 94 valence electrons. The number of ether oxygens (including phenoxy) is 2. The number of hydrogen-bond donors (Lipinski definition) is 1. The first kappa shape index (κ1) is 12.8. The van der Waals surface area contributed by atoms with E-state index in [4.69, 9.17) is 21.1 Å². The van der Waals surface area contributed by atoms with E-state index < -0.39 is 0 Å². The summed E-state index contributed by atoms with van der Waals surface area (Å²) >= 11 is 5.93. The minimum Gasteiger partial charge on any atom is -0.377 e. The van der Waals surface area contributed by atoms with Gasteiger partial charge in [-0.15, -0.1) is 0 Å². The van der Waals surface area contributed by atoms with Crippen LogP contribution in [0.1, 0.15) is 12.0 Å². The predicted octanol–water partition coefficient (Wildman–Crippen LogP) is 2.19. The Balaban J connectivity index is 2.37. The Hall–Kier alpha value is -0.610. The summed E-state index contributed by atoms with van der Waals surface area (Å²) < 4.78 is 11.4. The first-order valence-electron chi connectivity index (χ1n) is 5.77. The quantitative estimate of drug-likeness (QED) is 0.898. The van der Waals surface area contributed by atoms with Crippen LogP contribution < -0.4 is 5.32 Å². The van der Waals surface area contributed by atoms with E-state index in [-0.39, 0.29) is 11.7 Å². The molecule has 1 saturated heterocycles. The van der Waals surface area contributed by atoms with Crippen LogP contribution in [0.4, 0.5) is 0 Å². The molecule has 2 rings (SSSR count). The van der Waals surface area contributed by atoms with Crippen LogP contribution in [0.15, 0.2) is 24.3 Å². The molecule has 1 N–H and O–H groups in total. The monoisotopic (exact) mass is 255 g/mol. The van der Waals surface area contributed by atoms with Gasteiger partial charge in [-0.05, 0) is 30.7 Å². The molecule has 1 aromatic carbocycles. The van der Waals surface area contributed by atoms with E-state index in [1.165, 1.54) is 0 Å². The van der Waals surface area contributed by atoms with Crippen molar-refractivity contribution in [2.24, 2.45) is 0 Å². The number of methoxy groups -OCH3 is 2. The lowest BCUT2D eigenvalue weighted by Gasteiger charge is -2.42. The van der Waals surface area contributed by atoms with Crippen molar-refractivity contribution in [3.05, 3.63) is 34.9 Å². The molecule has 1 aliphatic rings. The van der Waals surface area contributed by atoms with Gasteiger partial charge in [0.25, 0.3) is 0 Å². The molecule has 0 saturated carbocycles. The Morgan fingerprint density at radius 2 is 2.00 bits per heavy atom. The lowest BCUT2D eigenvalue weighted by Crippen LogP contribution is -2.53. The minimum atomic E-state index is -0.370. The van der Waals surface area contributed by atoms with Crippen molar-refractivity contribution in [1.82, 2.24) is 5.32 Å². The van der Waals surface area contributed by atoms with Gasteiger partial charge in [0.05, 0.1) is 0 Å². The average Bonchev–Trinajstić information content (AvgIpc) is 2.39. The first-order valence-corrected chi connectivity index (χ1v) is 6.15. The van der Waals surface area contributed by atoms with Crippen LogP contribution in [-0.2, 0) is 15.1 Å². The highest BCUT2D eigenvalue weighted by molar-refractivity contribution is 6.30. The molecule has 3 nitrogen and oxygen atoms in total. The molecular weight excluding hydrogens is 238 g/mol. The number of rotatable bonds is 3. The summed E-state index contributed by atoms with van der Waals surface area (Å²) in [6, 6.07) is 7.82. The maximum absolute atomic E-state index is 5.93. The van der Waals surface area contributed by atoms with Gasteiger partial charge in [-0.25, -0.2) is 0 Å². The van der Waals surface area contributed by atoms with Crippen molar-refractivity contribution in [1.29, 1.82) is 0 Å². The SMILES string of the molecule is COC1CNCCC1(OC)c1ccc(Cl)cc1. The second-order valence-electron chi connectivity index (χ2n) is 4.28. The van der Waals surface area contributed by atoms with Crippen LogP contribution in [0, 0.1) is 0 Å². The molecule has 0 bridgehead atoms. The zero-order chi connectivity index (χ0) is 12.3. The van der Waals surface area contributed by atoms with Crippen molar-refractivity contribution in [3.8, 4) is 0 Å². The predicted molar refractivity (Wildman–Crippen MR) is 68.4 cm³/mol. The van der Waals surface area contributed by atoms with E-state index in [1.807, 2.05) is 24.3 Å². The summed E-state index contributed by atoms with van der Waals surface area (Å²) in [6.45, 7) is 1.73. The Labute approximate surface area is 107 Å². The molecule has 1 aromatic rings. The summed E-state index contributed by atoms with van der Waals surface area (Å²) in [4.78, 5) is 0. The first-order chi connectivity index (χ1) is 8.23. The van der Waals surface area contributed by atoms with E-state index in [2.05, 4.69) is 5.32 Å². The van der Waals surface area contributed by atoms with Gasteiger partial charge in [-0.1, -0.05) is 23.7 Å². The standard InChI is InChI=1S/C13H18ClNO2/c1-16-12-9-15-8-7-13(12,17-2)10-3-5-11(14)6-4-10/h3-6,12,15H,7-9H2,1-2H3. The van der Waals surface area contributed by atoms with E-state index in [0.29, 0.717) is 0 Å². The molecule has 2 atom stereocenters. The molecule has 17 heavy (non-hydrogen) atoms. The molecule has 0 aliphatic carbocycles. The highest BCUT2D eigenvalue weighted by Gasteiger charge is 2.42. The van der Waals surface area contributed by atoms with Crippen LogP contribution in [0.5, 0.6) is 0 Å². The van der Waals surface area contributed by atoms with Crippen molar-refractivity contribution in [2.75, 3.05) is 27.3 Å². The molecular formula is C13H18ClNO2. The molecule has 0 spiro atoms. The van der Waals surface area contributed by atoms with Crippen LogP contribution in [-0.4, -0.2) is 33.4 Å². The molecule has 0 aromatic heterocycles. The lowest BCUT2D eigenvalue weighted by atomic mass is 9.82. The van der Waals surface area contributed by atoms with Gasteiger partial charge in [-0.3, -0.25) is 0 Å². The fraction of sp³-hybridized carbons (Fsp3) is 0.538. The summed E-state index contributed by atoms with van der Waals surface area (Å²) in [5.41, 5.74) is 0.752. The number of nitrogens with one attached hydrogen (secondary N) is 1. The summed E-state index contributed by atoms with van der Waals surface area (Å²) in [5.74, 6) is 0. The van der Waals surface area contributed by atoms with Crippen molar-refractivity contribution in [2.45, 2.75) is 18.1 Å². The van der Waals surface area contributed by atoms with Gasteiger partial charge >= 0.3 is 0 Å². The Morgan fingerprint density at radius 1 is 1.29 bits per heavy atom. The smallest absolute Gasteiger partial charge is 0.121 e. The Morgan fingerprint density at radius 3 is 2.59 bits per heavy atom. The van der Waals surface area contributed by atoms with E-state index >= 15 is 0 Å². The van der Waals surface area contributed by atoms with Crippen LogP contribution in [0.3, 0.4) is 0 Å².